The quantitative estimate of drug-likeness (QED) is 0.811. The maximum atomic E-state index is 11.4. The summed E-state index contributed by atoms with van der Waals surface area (Å²) in [6, 6.07) is 5.97. The molecule has 1 heterocycles. The summed E-state index contributed by atoms with van der Waals surface area (Å²) in [4.78, 5) is 13.8. The van der Waals surface area contributed by atoms with Crippen LogP contribution in [0.15, 0.2) is 18.2 Å². The van der Waals surface area contributed by atoms with E-state index in [-0.39, 0.29) is 5.56 Å². The Morgan fingerprint density at radius 3 is 2.95 bits per heavy atom. The first-order chi connectivity index (χ1) is 9.63. The largest absolute Gasteiger partial charge is 0.478 e. The van der Waals surface area contributed by atoms with E-state index < -0.39 is 5.97 Å². The first-order valence-electron chi connectivity index (χ1n) is 7.48. The van der Waals surface area contributed by atoms with Crippen LogP contribution in [-0.4, -0.2) is 28.6 Å². The predicted octanol–water partition coefficient (Wildman–Crippen LogP) is 3.12. The molecule has 4 nitrogen and oxygen atoms in total. The summed E-state index contributed by atoms with van der Waals surface area (Å²) in [5.74, 6) is -0.929. The summed E-state index contributed by atoms with van der Waals surface area (Å²) in [6.45, 7) is 3.95. The SMILES string of the molecule is CCCC1CCCCN1Cc1cccc(N)c1C(=O)O. The average molecular weight is 276 g/mol. The smallest absolute Gasteiger partial charge is 0.338 e. The Morgan fingerprint density at radius 2 is 2.25 bits per heavy atom. The summed E-state index contributed by atoms with van der Waals surface area (Å²) in [7, 11) is 0. The van der Waals surface area contributed by atoms with Gasteiger partial charge >= 0.3 is 5.97 Å². The molecule has 1 aromatic carbocycles. The monoisotopic (exact) mass is 276 g/mol. The fourth-order valence-electron chi connectivity index (χ4n) is 3.16. The van der Waals surface area contributed by atoms with Crippen molar-refractivity contribution in [1.29, 1.82) is 0 Å². The van der Waals surface area contributed by atoms with Crippen molar-refractivity contribution in [2.24, 2.45) is 0 Å². The molecule has 0 amide bonds. The van der Waals surface area contributed by atoms with Gasteiger partial charge in [-0.15, -0.1) is 0 Å². The van der Waals surface area contributed by atoms with Gasteiger partial charge in [0.05, 0.1) is 5.56 Å². The molecule has 1 saturated heterocycles. The Hall–Kier alpha value is -1.55. The number of piperidine rings is 1. The second-order valence-electron chi connectivity index (χ2n) is 5.60. The van der Waals surface area contributed by atoms with Crippen LogP contribution >= 0.6 is 0 Å². The maximum absolute atomic E-state index is 11.4. The van der Waals surface area contributed by atoms with Gasteiger partial charge in [-0.05, 0) is 37.4 Å². The van der Waals surface area contributed by atoms with Crippen molar-refractivity contribution in [2.75, 3.05) is 12.3 Å². The van der Waals surface area contributed by atoms with Gasteiger partial charge in [-0.25, -0.2) is 4.79 Å². The Balaban J connectivity index is 2.20. The van der Waals surface area contributed by atoms with Crippen molar-refractivity contribution in [2.45, 2.75) is 51.6 Å². The van der Waals surface area contributed by atoms with Crippen molar-refractivity contribution in [3.8, 4) is 0 Å². The molecule has 4 heteroatoms. The van der Waals surface area contributed by atoms with Crippen LogP contribution in [0.1, 0.15) is 54.9 Å². The number of carboxylic acids is 1. The van der Waals surface area contributed by atoms with Crippen LogP contribution in [0, 0.1) is 0 Å². The molecule has 2 rings (SSSR count). The second-order valence-corrected chi connectivity index (χ2v) is 5.60. The molecule has 110 valence electrons. The number of benzene rings is 1. The number of hydrogen-bond acceptors (Lipinski definition) is 3. The molecule has 0 spiro atoms. The van der Waals surface area contributed by atoms with Gasteiger partial charge in [-0.2, -0.15) is 0 Å². The lowest BCUT2D eigenvalue weighted by Gasteiger charge is -2.36. The van der Waals surface area contributed by atoms with E-state index in [4.69, 9.17) is 5.73 Å². The van der Waals surface area contributed by atoms with Gasteiger partial charge in [0.15, 0.2) is 0 Å². The molecule has 1 atom stereocenters. The summed E-state index contributed by atoms with van der Waals surface area (Å²) in [5, 5.41) is 9.35. The van der Waals surface area contributed by atoms with E-state index in [1.54, 1.807) is 6.07 Å². The van der Waals surface area contributed by atoms with Gasteiger partial charge in [0, 0.05) is 18.3 Å². The number of nitrogens with two attached hydrogens (primary N) is 1. The van der Waals surface area contributed by atoms with Gasteiger partial charge in [0.25, 0.3) is 0 Å². The van der Waals surface area contributed by atoms with Crippen LogP contribution in [0.2, 0.25) is 0 Å². The van der Waals surface area contributed by atoms with Gasteiger partial charge in [0.1, 0.15) is 0 Å². The normalized spacial score (nSPS) is 19.9. The molecule has 0 aliphatic carbocycles. The summed E-state index contributed by atoms with van der Waals surface area (Å²) < 4.78 is 0. The van der Waals surface area contributed by atoms with Crippen molar-refractivity contribution >= 4 is 11.7 Å². The molecule has 1 aliphatic rings. The van der Waals surface area contributed by atoms with E-state index in [0.717, 1.165) is 12.1 Å². The average Bonchev–Trinajstić information content (AvgIpc) is 2.41. The minimum absolute atomic E-state index is 0.272. The highest BCUT2D eigenvalue weighted by Crippen LogP contribution is 2.25. The number of hydrogen-bond donors (Lipinski definition) is 2. The van der Waals surface area contributed by atoms with Crippen molar-refractivity contribution in [3.63, 3.8) is 0 Å². The summed E-state index contributed by atoms with van der Waals surface area (Å²) >= 11 is 0. The topological polar surface area (TPSA) is 66.6 Å². The zero-order chi connectivity index (χ0) is 14.5. The molecule has 1 aromatic rings. The number of carbonyl (C=O) groups is 1. The first kappa shape index (κ1) is 14.9. The number of nitrogen functional groups attached to an aromatic ring is 1. The fraction of sp³-hybridized carbons (Fsp3) is 0.562. The van der Waals surface area contributed by atoms with E-state index in [1.165, 1.54) is 32.1 Å². The zero-order valence-electron chi connectivity index (χ0n) is 12.1. The Kier molecular flexibility index (Phi) is 5.01. The fourth-order valence-corrected chi connectivity index (χ4v) is 3.16. The highest BCUT2D eigenvalue weighted by molar-refractivity contribution is 5.95. The lowest BCUT2D eigenvalue weighted by Crippen LogP contribution is -2.39. The van der Waals surface area contributed by atoms with Crippen LogP contribution in [0.25, 0.3) is 0 Å². The first-order valence-corrected chi connectivity index (χ1v) is 7.48. The van der Waals surface area contributed by atoms with E-state index >= 15 is 0 Å². The number of aromatic carboxylic acids is 1. The maximum Gasteiger partial charge on any atom is 0.338 e. The second kappa shape index (κ2) is 6.75. The van der Waals surface area contributed by atoms with Crippen LogP contribution in [0.3, 0.4) is 0 Å². The number of rotatable bonds is 5. The van der Waals surface area contributed by atoms with E-state index in [9.17, 15) is 9.90 Å². The number of carboxylic acid groups (broad SMARTS) is 1. The Labute approximate surface area is 120 Å². The van der Waals surface area contributed by atoms with E-state index in [1.807, 2.05) is 12.1 Å². The molecule has 0 aromatic heterocycles. The predicted molar refractivity (Wildman–Crippen MR) is 80.8 cm³/mol. The third-order valence-corrected chi connectivity index (χ3v) is 4.14. The Bertz CT molecular complexity index is 472. The molecule has 1 unspecified atom stereocenters. The van der Waals surface area contributed by atoms with Crippen molar-refractivity contribution < 1.29 is 9.90 Å². The molecule has 0 radical (unpaired) electrons. The highest BCUT2D eigenvalue weighted by Gasteiger charge is 2.23. The van der Waals surface area contributed by atoms with Crippen molar-refractivity contribution in [1.82, 2.24) is 4.90 Å². The molecule has 0 bridgehead atoms. The molecule has 20 heavy (non-hydrogen) atoms. The van der Waals surface area contributed by atoms with Gasteiger partial charge in [0.2, 0.25) is 0 Å². The standard InChI is InChI=1S/C16H24N2O2/c1-2-6-13-8-3-4-10-18(13)11-12-7-5-9-14(17)15(12)16(19)20/h5,7,9,13H,2-4,6,8,10-11,17H2,1H3,(H,19,20). The number of anilines is 1. The minimum atomic E-state index is -0.929. The van der Waals surface area contributed by atoms with Crippen molar-refractivity contribution in [3.05, 3.63) is 29.3 Å². The molecule has 1 fully saturated rings. The van der Waals surface area contributed by atoms with Gasteiger partial charge < -0.3 is 10.8 Å². The summed E-state index contributed by atoms with van der Waals surface area (Å²) in [5.41, 5.74) is 7.29. The van der Waals surface area contributed by atoms with Crippen LogP contribution in [-0.2, 0) is 6.54 Å². The third kappa shape index (κ3) is 3.31. The van der Waals surface area contributed by atoms with E-state index in [2.05, 4.69) is 11.8 Å². The van der Waals surface area contributed by atoms with Crippen LogP contribution in [0.4, 0.5) is 5.69 Å². The summed E-state index contributed by atoms with van der Waals surface area (Å²) in [6.07, 6.45) is 6.06. The zero-order valence-corrected chi connectivity index (χ0v) is 12.1. The molecule has 0 saturated carbocycles. The van der Waals surface area contributed by atoms with Crippen LogP contribution < -0.4 is 5.73 Å². The minimum Gasteiger partial charge on any atom is -0.478 e. The van der Waals surface area contributed by atoms with Gasteiger partial charge in [-0.1, -0.05) is 31.9 Å². The molecular formula is C16H24N2O2. The molecule has 1 aliphatic heterocycles. The lowest BCUT2D eigenvalue weighted by atomic mass is 9.96. The van der Waals surface area contributed by atoms with E-state index in [0.29, 0.717) is 18.3 Å². The lowest BCUT2D eigenvalue weighted by molar-refractivity contribution is 0.0693. The molecule has 3 N–H and O–H groups in total. The third-order valence-electron chi connectivity index (χ3n) is 4.14. The Morgan fingerprint density at radius 1 is 1.45 bits per heavy atom. The number of nitrogens with zero attached hydrogens (tertiary/aromatic N) is 1. The highest BCUT2D eigenvalue weighted by atomic mass is 16.4. The number of likely N-dealkylation sites (tertiary alicyclic amines) is 1. The molecular weight excluding hydrogens is 252 g/mol. The van der Waals surface area contributed by atoms with Gasteiger partial charge in [-0.3, -0.25) is 4.90 Å². The van der Waals surface area contributed by atoms with Crippen LogP contribution in [0.5, 0.6) is 0 Å².